The van der Waals surface area contributed by atoms with Crippen molar-refractivity contribution in [3.8, 4) is 0 Å². The van der Waals surface area contributed by atoms with Crippen molar-refractivity contribution in [3.63, 3.8) is 0 Å². The maximum Gasteiger partial charge on any atom is 0.0567 e. The van der Waals surface area contributed by atoms with Crippen molar-refractivity contribution >= 4 is 0 Å². The summed E-state index contributed by atoms with van der Waals surface area (Å²) < 4.78 is 0. The van der Waals surface area contributed by atoms with Gasteiger partial charge in [0.25, 0.3) is 0 Å². The van der Waals surface area contributed by atoms with Crippen LogP contribution in [0, 0.1) is 5.21 Å². The lowest BCUT2D eigenvalue weighted by Crippen LogP contribution is -1.56. The number of hydrogen-bond donors (Lipinski definition) is 0. The molecule has 0 bridgehead atoms. The molecule has 0 aromatic carbocycles. The second kappa shape index (κ2) is 3.40. The van der Waals surface area contributed by atoms with Crippen LogP contribution in [0.5, 0.6) is 0 Å². The second-order valence-corrected chi connectivity index (χ2v) is 0.539. The van der Waals surface area contributed by atoms with Crippen LogP contribution in [0.4, 0.5) is 0 Å². The van der Waals surface area contributed by atoms with Crippen LogP contribution in [0.15, 0.2) is 10.4 Å². The van der Waals surface area contributed by atoms with Gasteiger partial charge in [0, 0.05) is 0 Å². The van der Waals surface area contributed by atoms with Gasteiger partial charge >= 0.3 is 0 Å². The van der Waals surface area contributed by atoms with Crippen LogP contribution < -0.4 is 0 Å². The molecule has 0 unspecified atom stereocenters. The number of rotatable bonds is 1. The van der Waals surface area contributed by atoms with E-state index < -0.39 is 0 Å². The lowest BCUT2D eigenvalue weighted by atomic mass is 10.8. The normalized spacial score (nSPS) is 9.80. The molecule has 0 amide bonds. The zero-order valence-corrected chi connectivity index (χ0v) is 3.01. The molecule has 0 saturated carbocycles. The van der Waals surface area contributed by atoms with E-state index in [1.54, 1.807) is 6.92 Å². The molecule has 5 heavy (non-hydrogen) atoms. The fourth-order valence-electron chi connectivity index (χ4n) is 0.0577. The Kier molecular flexibility index (Phi) is 2.99. The van der Waals surface area contributed by atoms with Crippen molar-refractivity contribution in [3.05, 3.63) is 5.21 Å². The summed E-state index contributed by atoms with van der Waals surface area (Å²) >= 11 is 0. The van der Waals surface area contributed by atoms with Gasteiger partial charge in [-0.05, 0) is 6.92 Å². The molecule has 0 aromatic rings. The Balaban J connectivity index is 2.62. The average molecular weight is 73.1 g/mol. The number of hydrogen-bond acceptors (Lipinski definition) is 3. The molecule has 0 aromatic heterocycles. The van der Waals surface area contributed by atoms with Gasteiger partial charge in [-0.2, -0.15) is 5.11 Å². The Morgan fingerprint density at radius 3 is 2.40 bits per heavy atom. The highest BCUT2D eigenvalue weighted by Crippen LogP contribution is 1.64. The second-order valence-electron chi connectivity index (χ2n) is 0.539. The minimum atomic E-state index is 0.490. The highest BCUT2D eigenvalue weighted by atomic mass is 16.5. The molecule has 0 saturated heterocycles. The van der Waals surface area contributed by atoms with E-state index in [0.29, 0.717) is 6.54 Å². The first kappa shape index (κ1) is 4.40. The van der Waals surface area contributed by atoms with Gasteiger partial charge in [0.05, 0.1) is 6.54 Å². The molecule has 0 rings (SSSR count). The van der Waals surface area contributed by atoms with Crippen LogP contribution in [-0.2, 0) is 0 Å². The van der Waals surface area contributed by atoms with E-state index in [2.05, 4.69) is 10.4 Å². The van der Waals surface area contributed by atoms with Gasteiger partial charge in [-0.3, -0.25) is 0 Å². The number of nitrogens with zero attached hydrogens (tertiary/aromatic N) is 2. The maximum atomic E-state index is 8.99. The van der Waals surface area contributed by atoms with Crippen LogP contribution in [0.3, 0.4) is 0 Å². The van der Waals surface area contributed by atoms with E-state index in [1.807, 2.05) is 0 Å². The van der Waals surface area contributed by atoms with E-state index in [1.165, 1.54) is 0 Å². The molecule has 3 heteroatoms. The molecule has 0 N–H and O–H groups in total. The Labute approximate surface area is 30.3 Å². The van der Waals surface area contributed by atoms with Gasteiger partial charge < -0.3 is 5.21 Å². The molecule has 0 radical (unpaired) electrons. The molecule has 30 valence electrons. The first-order valence-electron chi connectivity index (χ1n) is 1.41. The smallest absolute Gasteiger partial charge is 0.0567 e. The van der Waals surface area contributed by atoms with Crippen LogP contribution in [0.1, 0.15) is 6.92 Å². The fraction of sp³-hybridized carbons (Fsp3) is 1.00. The predicted octanol–water partition coefficient (Wildman–Crippen LogP) is 0.956. The van der Waals surface area contributed by atoms with E-state index in [0.717, 1.165) is 0 Å². The zero-order valence-electron chi connectivity index (χ0n) is 3.01. The Morgan fingerprint density at radius 2 is 2.40 bits per heavy atom. The molecule has 0 spiro atoms. The highest BCUT2D eigenvalue weighted by molar-refractivity contribution is 4.25. The van der Waals surface area contributed by atoms with Gasteiger partial charge in [0.2, 0.25) is 0 Å². The zero-order chi connectivity index (χ0) is 4.12. The Morgan fingerprint density at radius 1 is 1.80 bits per heavy atom. The molecule has 0 fully saturated rings. The summed E-state index contributed by atoms with van der Waals surface area (Å²) in [5.74, 6) is 0. The summed E-state index contributed by atoms with van der Waals surface area (Å²) in [6, 6.07) is 0. The van der Waals surface area contributed by atoms with Crippen molar-refractivity contribution in [2.45, 2.75) is 6.92 Å². The lowest BCUT2D eigenvalue weighted by molar-refractivity contribution is 1.00. The van der Waals surface area contributed by atoms with Crippen LogP contribution in [0.25, 0.3) is 0 Å². The van der Waals surface area contributed by atoms with Crippen molar-refractivity contribution in [2.75, 3.05) is 6.54 Å². The van der Waals surface area contributed by atoms with Gasteiger partial charge in [0.15, 0.2) is 0 Å². The summed E-state index contributed by atoms with van der Waals surface area (Å²) in [4.78, 5) is 0. The molecule has 3 nitrogen and oxygen atoms in total. The van der Waals surface area contributed by atoms with Crippen molar-refractivity contribution < 1.29 is 0 Å². The molecule has 0 heterocycles. The Bertz CT molecular complexity index is 34.6. The summed E-state index contributed by atoms with van der Waals surface area (Å²) in [6.45, 7) is 2.24. The monoisotopic (exact) mass is 73.0 g/mol. The van der Waals surface area contributed by atoms with E-state index in [9.17, 15) is 0 Å². The Hall–Kier alpha value is -0.600. The molecular formula is C2H5N2O-. The topological polar surface area (TPSA) is 47.8 Å². The van der Waals surface area contributed by atoms with Gasteiger partial charge in [-0.15, -0.1) is 0 Å². The summed E-state index contributed by atoms with van der Waals surface area (Å²) in [5, 5.41) is 14.3. The largest absolute Gasteiger partial charge is 0.775 e. The standard InChI is InChI=1S/C2H6N2O/c1-2-3-4-5/h2H2,1H3,(H,3,5)/p-1. The third-order valence-electron chi connectivity index (χ3n) is 0.199. The van der Waals surface area contributed by atoms with Crippen LogP contribution in [0.2, 0.25) is 0 Å². The third kappa shape index (κ3) is 3.40. The average Bonchev–Trinajstić information content (AvgIpc) is 1.41. The van der Waals surface area contributed by atoms with Crippen molar-refractivity contribution in [1.29, 1.82) is 0 Å². The summed E-state index contributed by atoms with van der Waals surface area (Å²) in [5.41, 5.74) is 0. The molecule has 0 aliphatic heterocycles. The van der Waals surface area contributed by atoms with Crippen molar-refractivity contribution in [1.82, 2.24) is 0 Å². The summed E-state index contributed by atoms with van der Waals surface area (Å²) in [7, 11) is 0. The molecule has 0 atom stereocenters. The third-order valence-corrected chi connectivity index (χ3v) is 0.199. The van der Waals surface area contributed by atoms with Crippen LogP contribution in [-0.4, -0.2) is 6.54 Å². The lowest BCUT2D eigenvalue weighted by Gasteiger charge is -1.80. The minimum absolute atomic E-state index is 0.490. The van der Waals surface area contributed by atoms with Crippen molar-refractivity contribution in [2.24, 2.45) is 10.4 Å². The molecular weight excluding hydrogens is 68.0 g/mol. The minimum Gasteiger partial charge on any atom is -0.775 e. The van der Waals surface area contributed by atoms with Crippen LogP contribution >= 0.6 is 0 Å². The maximum absolute atomic E-state index is 8.99. The predicted molar refractivity (Wildman–Crippen MR) is 18.8 cm³/mol. The molecule has 0 aliphatic carbocycles. The van der Waals surface area contributed by atoms with Gasteiger partial charge in [-0.25, -0.2) is 5.28 Å². The van der Waals surface area contributed by atoms with E-state index >= 15 is 0 Å². The fourth-order valence-corrected chi connectivity index (χ4v) is 0.0577. The first-order chi connectivity index (χ1) is 2.41. The van der Waals surface area contributed by atoms with Gasteiger partial charge in [-0.1, -0.05) is 0 Å². The first-order valence-corrected chi connectivity index (χ1v) is 1.41. The highest BCUT2D eigenvalue weighted by Gasteiger charge is 1.49. The summed E-state index contributed by atoms with van der Waals surface area (Å²) in [6.07, 6.45) is 0. The quantitative estimate of drug-likeness (QED) is 0.337. The van der Waals surface area contributed by atoms with E-state index in [4.69, 9.17) is 5.21 Å². The molecule has 0 aliphatic rings. The SMILES string of the molecule is CCN=N[O-]. The van der Waals surface area contributed by atoms with Gasteiger partial charge in [0.1, 0.15) is 0 Å². The van der Waals surface area contributed by atoms with E-state index in [-0.39, 0.29) is 0 Å².